The van der Waals surface area contributed by atoms with Crippen LogP contribution in [0.2, 0.25) is 0 Å². The zero-order valence-electron chi connectivity index (χ0n) is 13.3. The molecule has 118 valence electrons. The Morgan fingerprint density at radius 1 is 1.17 bits per heavy atom. The third kappa shape index (κ3) is 3.31. The molecule has 6 heteroatoms. The lowest BCUT2D eigenvalue weighted by Crippen LogP contribution is -2.16. The van der Waals surface area contributed by atoms with Crippen molar-refractivity contribution >= 4 is 28.2 Å². The number of aromatic nitrogens is 3. The summed E-state index contributed by atoms with van der Waals surface area (Å²) in [7, 11) is 0. The second-order valence-electron chi connectivity index (χ2n) is 5.77. The van der Waals surface area contributed by atoms with E-state index in [1.807, 2.05) is 45.0 Å². The predicted octanol–water partition coefficient (Wildman–Crippen LogP) is 3.19. The monoisotopic (exact) mass is 309 g/mol. The minimum atomic E-state index is -0.154. The van der Waals surface area contributed by atoms with Gasteiger partial charge in [-0.05, 0) is 56.0 Å². The number of nitrogens with zero attached hydrogens (tertiary/aromatic N) is 2. The number of aryl methyl sites for hydroxylation is 1. The van der Waals surface area contributed by atoms with Gasteiger partial charge in [-0.15, -0.1) is 0 Å². The Kier molecular flexibility index (Phi) is 3.97. The van der Waals surface area contributed by atoms with Gasteiger partial charge in [-0.3, -0.25) is 4.79 Å². The summed E-state index contributed by atoms with van der Waals surface area (Å²) >= 11 is 0. The first-order valence-corrected chi connectivity index (χ1v) is 7.51. The van der Waals surface area contributed by atoms with Gasteiger partial charge in [-0.2, -0.15) is 0 Å². The van der Waals surface area contributed by atoms with Crippen molar-refractivity contribution in [3.8, 4) is 0 Å². The SMILES string of the molecule is Cc1ccnc(Nc2cc3cc[nH]c(=O)c3c(NC(C)C)n2)c1. The van der Waals surface area contributed by atoms with Crippen LogP contribution in [0.25, 0.3) is 10.8 Å². The molecule has 0 aromatic carbocycles. The fraction of sp³-hybridized carbons (Fsp3) is 0.235. The van der Waals surface area contributed by atoms with E-state index in [9.17, 15) is 4.79 Å². The van der Waals surface area contributed by atoms with Gasteiger partial charge in [0.15, 0.2) is 0 Å². The van der Waals surface area contributed by atoms with E-state index in [0.717, 1.165) is 16.8 Å². The molecule has 0 aliphatic carbocycles. The van der Waals surface area contributed by atoms with Gasteiger partial charge in [0.1, 0.15) is 17.5 Å². The molecule has 0 saturated carbocycles. The Hall–Kier alpha value is -2.89. The van der Waals surface area contributed by atoms with Crippen LogP contribution in [0.3, 0.4) is 0 Å². The summed E-state index contributed by atoms with van der Waals surface area (Å²) < 4.78 is 0. The van der Waals surface area contributed by atoms with Gasteiger partial charge < -0.3 is 15.6 Å². The van der Waals surface area contributed by atoms with Gasteiger partial charge in [-0.1, -0.05) is 0 Å². The molecule has 0 fully saturated rings. The Morgan fingerprint density at radius 3 is 2.74 bits per heavy atom. The molecule has 0 unspecified atom stereocenters. The van der Waals surface area contributed by atoms with Crippen LogP contribution in [0.15, 0.2) is 41.5 Å². The van der Waals surface area contributed by atoms with Gasteiger partial charge in [0.05, 0.1) is 5.39 Å². The van der Waals surface area contributed by atoms with E-state index in [2.05, 4.69) is 25.6 Å². The van der Waals surface area contributed by atoms with E-state index in [1.54, 1.807) is 12.4 Å². The fourth-order valence-corrected chi connectivity index (χ4v) is 2.39. The number of rotatable bonds is 4. The highest BCUT2D eigenvalue weighted by Crippen LogP contribution is 2.24. The van der Waals surface area contributed by atoms with Crippen molar-refractivity contribution in [3.05, 3.63) is 52.6 Å². The van der Waals surface area contributed by atoms with E-state index in [0.29, 0.717) is 17.0 Å². The normalized spacial score (nSPS) is 11.0. The van der Waals surface area contributed by atoms with Crippen LogP contribution in [0, 0.1) is 6.92 Å². The predicted molar refractivity (Wildman–Crippen MR) is 93.4 cm³/mol. The van der Waals surface area contributed by atoms with Crippen LogP contribution in [0.5, 0.6) is 0 Å². The minimum Gasteiger partial charge on any atom is -0.367 e. The highest BCUT2D eigenvalue weighted by atomic mass is 16.1. The summed E-state index contributed by atoms with van der Waals surface area (Å²) in [5.74, 6) is 1.93. The van der Waals surface area contributed by atoms with E-state index < -0.39 is 0 Å². The molecule has 23 heavy (non-hydrogen) atoms. The summed E-state index contributed by atoms with van der Waals surface area (Å²) in [6.45, 7) is 6.02. The van der Waals surface area contributed by atoms with Crippen LogP contribution < -0.4 is 16.2 Å². The Labute approximate surface area is 134 Å². The van der Waals surface area contributed by atoms with Crippen LogP contribution >= 0.6 is 0 Å². The molecule has 6 nitrogen and oxygen atoms in total. The zero-order valence-corrected chi connectivity index (χ0v) is 13.3. The first kappa shape index (κ1) is 15.0. The standard InChI is InChI=1S/C17H19N5O/c1-10(2)20-16-15-12(5-7-19-17(15)23)9-14(22-16)21-13-8-11(3)4-6-18-13/h4-10H,1-3H3,(H,19,23)(H2,18,20,21,22). The lowest BCUT2D eigenvalue weighted by molar-refractivity contribution is 0.892. The molecule has 0 saturated heterocycles. The molecule has 0 aliphatic rings. The Bertz CT molecular complexity index is 901. The lowest BCUT2D eigenvalue weighted by atomic mass is 10.2. The van der Waals surface area contributed by atoms with Gasteiger partial charge >= 0.3 is 0 Å². The average Bonchev–Trinajstić information content (AvgIpc) is 2.46. The van der Waals surface area contributed by atoms with Crippen molar-refractivity contribution in [1.29, 1.82) is 0 Å². The number of aromatic amines is 1. The summed E-state index contributed by atoms with van der Waals surface area (Å²) in [4.78, 5) is 23.7. The smallest absolute Gasteiger partial charge is 0.259 e. The number of pyridine rings is 3. The molecule has 0 atom stereocenters. The number of hydrogen-bond donors (Lipinski definition) is 3. The van der Waals surface area contributed by atoms with E-state index >= 15 is 0 Å². The molecule has 0 amide bonds. The molecule has 3 N–H and O–H groups in total. The average molecular weight is 309 g/mol. The molecular weight excluding hydrogens is 290 g/mol. The number of fused-ring (bicyclic) bond motifs is 1. The van der Waals surface area contributed by atoms with E-state index in [4.69, 9.17) is 0 Å². The largest absolute Gasteiger partial charge is 0.367 e. The Balaban J connectivity index is 2.09. The molecule has 0 spiro atoms. The second kappa shape index (κ2) is 6.08. The molecule has 3 rings (SSSR count). The topological polar surface area (TPSA) is 82.7 Å². The van der Waals surface area contributed by atoms with Gasteiger partial charge in [0.2, 0.25) is 0 Å². The summed E-state index contributed by atoms with van der Waals surface area (Å²) in [6, 6.07) is 7.75. The lowest BCUT2D eigenvalue weighted by Gasteiger charge is -2.14. The van der Waals surface area contributed by atoms with Crippen molar-refractivity contribution in [2.45, 2.75) is 26.8 Å². The van der Waals surface area contributed by atoms with Crippen LogP contribution in [0.4, 0.5) is 17.5 Å². The highest BCUT2D eigenvalue weighted by Gasteiger charge is 2.11. The number of anilines is 3. The minimum absolute atomic E-state index is 0.154. The molecule has 0 bridgehead atoms. The third-order valence-electron chi connectivity index (χ3n) is 3.35. The van der Waals surface area contributed by atoms with Crippen LogP contribution in [-0.2, 0) is 0 Å². The molecule has 3 aromatic rings. The maximum atomic E-state index is 12.1. The molecular formula is C17H19N5O. The van der Waals surface area contributed by atoms with Crippen LogP contribution in [-0.4, -0.2) is 21.0 Å². The van der Waals surface area contributed by atoms with Gasteiger partial charge in [-0.25, -0.2) is 9.97 Å². The number of hydrogen-bond acceptors (Lipinski definition) is 5. The van der Waals surface area contributed by atoms with E-state index in [-0.39, 0.29) is 11.6 Å². The highest BCUT2D eigenvalue weighted by molar-refractivity contribution is 5.93. The maximum Gasteiger partial charge on any atom is 0.259 e. The van der Waals surface area contributed by atoms with Crippen LogP contribution in [0.1, 0.15) is 19.4 Å². The molecule has 3 aromatic heterocycles. The van der Waals surface area contributed by atoms with Gasteiger partial charge in [0.25, 0.3) is 5.56 Å². The first-order valence-electron chi connectivity index (χ1n) is 7.51. The molecule has 0 radical (unpaired) electrons. The summed E-state index contributed by atoms with van der Waals surface area (Å²) in [5.41, 5.74) is 0.957. The third-order valence-corrected chi connectivity index (χ3v) is 3.35. The number of nitrogens with one attached hydrogen (secondary N) is 3. The number of H-pyrrole nitrogens is 1. The van der Waals surface area contributed by atoms with Gasteiger partial charge in [0, 0.05) is 18.4 Å². The van der Waals surface area contributed by atoms with Crippen molar-refractivity contribution in [2.75, 3.05) is 10.6 Å². The second-order valence-corrected chi connectivity index (χ2v) is 5.77. The zero-order chi connectivity index (χ0) is 16.4. The van der Waals surface area contributed by atoms with Crippen molar-refractivity contribution in [2.24, 2.45) is 0 Å². The van der Waals surface area contributed by atoms with Crippen molar-refractivity contribution in [3.63, 3.8) is 0 Å². The summed E-state index contributed by atoms with van der Waals surface area (Å²) in [6.07, 6.45) is 3.38. The Morgan fingerprint density at radius 2 is 2.00 bits per heavy atom. The molecule has 0 aliphatic heterocycles. The quantitative estimate of drug-likeness (QED) is 0.689. The summed E-state index contributed by atoms with van der Waals surface area (Å²) in [5, 5.41) is 7.81. The maximum absolute atomic E-state index is 12.1. The van der Waals surface area contributed by atoms with Crippen molar-refractivity contribution < 1.29 is 0 Å². The fourth-order valence-electron chi connectivity index (χ4n) is 2.39. The first-order chi connectivity index (χ1) is 11.0. The van der Waals surface area contributed by atoms with E-state index in [1.165, 1.54) is 0 Å². The molecule has 3 heterocycles. The van der Waals surface area contributed by atoms with Crippen molar-refractivity contribution in [1.82, 2.24) is 15.0 Å².